The molecule has 40 heavy (non-hydrogen) atoms. The van der Waals surface area contributed by atoms with E-state index >= 15 is 0 Å². The summed E-state index contributed by atoms with van der Waals surface area (Å²) >= 11 is 0. The summed E-state index contributed by atoms with van der Waals surface area (Å²) in [6, 6.07) is 0. The van der Waals surface area contributed by atoms with Crippen LogP contribution in [-0.2, 0) is 14.4 Å². The van der Waals surface area contributed by atoms with Gasteiger partial charge in [-0.1, -0.05) is 125 Å². The Morgan fingerprint density at radius 1 is 0.350 bits per heavy atom. The molecular weight excluding hydrogens is 643 g/mol. The first-order chi connectivity index (χ1) is 16.6. The van der Waals surface area contributed by atoms with Crippen molar-refractivity contribution >= 4 is 17.3 Å². The minimum atomic E-state index is -0.417. The van der Waals surface area contributed by atoms with Gasteiger partial charge in [0.2, 0.25) is 0 Å². The van der Waals surface area contributed by atoms with Crippen molar-refractivity contribution in [1.82, 2.24) is 0 Å². The van der Waals surface area contributed by atoms with Crippen LogP contribution in [0, 0.1) is 72.9 Å². The zero-order valence-corrected chi connectivity index (χ0v) is 31.3. The van der Waals surface area contributed by atoms with Crippen LogP contribution in [0.3, 0.4) is 0 Å². The molecule has 0 aliphatic rings. The molecule has 0 aromatic heterocycles. The maximum Gasteiger partial charge on any atom is 0.164 e. The quantitative estimate of drug-likeness (QED) is 0.200. The van der Waals surface area contributed by atoms with Crippen LogP contribution in [0.2, 0.25) is 0 Å². The monoisotopic (exact) mass is 704 g/mol. The largest absolute Gasteiger partial charge is 0.512 e. The van der Waals surface area contributed by atoms with E-state index < -0.39 is 16.2 Å². The van der Waals surface area contributed by atoms with Crippen LogP contribution in [0.5, 0.6) is 0 Å². The van der Waals surface area contributed by atoms with Crippen molar-refractivity contribution in [3.8, 4) is 0 Å². The van der Waals surface area contributed by atoms with E-state index in [0.29, 0.717) is 0 Å². The summed E-state index contributed by atoms with van der Waals surface area (Å²) in [7, 11) is 0. The van der Waals surface area contributed by atoms with Gasteiger partial charge in [0.1, 0.15) is 17.3 Å². The second-order valence-corrected chi connectivity index (χ2v) is 16.2. The van der Waals surface area contributed by atoms with Gasteiger partial charge >= 0.3 is 0 Å². The summed E-state index contributed by atoms with van der Waals surface area (Å²) in [6.07, 6.45) is 4.00. The van der Waals surface area contributed by atoms with E-state index in [-0.39, 0.29) is 91.3 Å². The number of hydrogen-bond acceptors (Lipinski definition) is 6. The summed E-state index contributed by atoms with van der Waals surface area (Å²) in [5, 5.41) is 28.7. The first-order valence-corrected chi connectivity index (χ1v) is 13.5. The van der Waals surface area contributed by atoms with Crippen LogP contribution in [0.15, 0.2) is 35.5 Å². The van der Waals surface area contributed by atoms with Crippen molar-refractivity contribution in [2.45, 2.75) is 125 Å². The minimum Gasteiger partial charge on any atom is -0.512 e. The number of aliphatic hydroxyl groups is 3. The molecule has 0 unspecified atom stereocenters. The van der Waals surface area contributed by atoms with Gasteiger partial charge in [0, 0.05) is 91.1 Å². The molecule has 234 valence electrons. The van der Waals surface area contributed by atoms with Gasteiger partial charge in [-0.2, -0.15) is 0 Å². The SMILES string of the molecule is CC(C)(C)C(=O)C=C(O)C(C)(C)C.CC(C)(C)C(=O)C=C(O)C(C)(C)C.CC(C)(C)C(=O)C=C(O)C(C)(C)C.[Sm]. The van der Waals surface area contributed by atoms with Crippen LogP contribution in [0.25, 0.3) is 0 Å². The molecule has 0 saturated heterocycles. The predicted octanol–water partition coefficient (Wildman–Crippen LogP) is 9.27. The Bertz CT molecular complexity index is 801. The van der Waals surface area contributed by atoms with Gasteiger partial charge in [0.25, 0.3) is 0 Å². The summed E-state index contributed by atoms with van der Waals surface area (Å²) in [4.78, 5) is 34.5. The average Bonchev–Trinajstić information content (AvgIpc) is 2.64. The van der Waals surface area contributed by atoms with E-state index in [1.165, 1.54) is 18.2 Å². The van der Waals surface area contributed by atoms with Crippen molar-refractivity contribution in [3.63, 3.8) is 0 Å². The molecule has 7 heteroatoms. The van der Waals surface area contributed by atoms with Crippen LogP contribution in [0.4, 0.5) is 0 Å². The Labute approximate surface area is 278 Å². The third-order valence-corrected chi connectivity index (χ3v) is 5.33. The Morgan fingerprint density at radius 2 is 0.475 bits per heavy atom. The molecule has 0 rings (SSSR count). The molecule has 0 aliphatic carbocycles. The first kappa shape index (κ1) is 45.9. The molecule has 6 nitrogen and oxygen atoms in total. The summed E-state index contributed by atoms with van der Waals surface area (Å²) < 4.78 is 0. The number of allylic oxidation sites excluding steroid dienone is 6. The number of hydrogen-bond donors (Lipinski definition) is 3. The number of carbonyl (C=O) groups is 3. The van der Waals surface area contributed by atoms with E-state index in [9.17, 15) is 29.7 Å². The van der Waals surface area contributed by atoms with E-state index in [0.717, 1.165) is 0 Å². The molecule has 0 aliphatic heterocycles. The van der Waals surface area contributed by atoms with Gasteiger partial charge < -0.3 is 15.3 Å². The Balaban J connectivity index is -0.000000240. The van der Waals surface area contributed by atoms with Gasteiger partial charge in [-0.05, 0) is 0 Å². The number of ketones is 3. The third-order valence-electron chi connectivity index (χ3n) is 5.33. The Hall–Kier alpha value is -1.03. The first-order valence-electron chi connectivity index (χ1n) is 13.5. The Kier molecular flexibility index (Phi) is 19.0. The van der Waals surface area contributed by atoms with E-state index in [1.807, 2.05) is 125 Å². The number of rotatable bonds is 3. The summed E-state index contributed by atoms with van der Waals surface area (Å²) in [5.74, 6) is 0.312. The number of carbonyl (C=O) groups excluding carboxylic acids is 3. The zero-order chi connectivity index (χ0) is 32.6. The molecule has 0 fully saturated rings. The fraction of sp³-hybridized carbons (Fsp3) is 0.727. The normalized spacial score (nSPS) is 14.1. The fourth-order valence-corrected chi connectivity index (χ4v) is 1.67. The van der Waals surface area contributed by atoms with Gasteiger partial charge in [-0.15, -0.1) is 0 Å². The van der Waals surface area contributed by atoms with Crippen molar-refractivity contribution < 1.29 is 70.1 Å². The molecule has 0 amide bonds. The van der Waals surface area contributed by atoms with Crippen LogP contribution < -0.4 is 0 Å². The molecule has 0 aromatic rings. The summed E-state index contributed by atoms with van der Waals surface area (Å²) in [6.45, 7) is 33.3. The minimum absolute atomic E-state index is 0. The van der Waals surface area contributed by atoms with Crippen molar-refractivity contribution in [3.05, 3.63) is 35.5 Å². The molecule has 0 radical (unpaired) electrons. The standard InChI is InChI=1S/3C11H20O2.Sm/c3*1-10(2,3)8(12)7-9(13)11(4,5)6;/h3*7,12H,1-6H3;. The maximum absolute atomic E-state index is 11.5. The molecule has 3 N–H and O–H groups in total. The number of aliphatic hydroxyl groups excluding tert-OH is 3. The fourth-order valence-electron chi connectivity index (χ4n) is 1.67. The smallest absolute Gasteiger partial charge is 0.164 e. The van der Waals surface area contributed by atoms with E-state index in [2.05, 4.69) is 0 Å². The van der Waals surface area contributed by atoms with Crippen LogP contribution in [-0.4, -0.2) is 32.7 Å². The molecule has 0 heterocycles. The predicted molar refractivity (Wildman–Crippen MR) is 164 cm³/mol. The molecule has 0 aromatic carbocycles. The van der Waals surface area contributed by atoms with Gasteiger partial charge in [-0.3, -0.25) is 14.4 Å². The van der Waals surface area contributed by atoms with Crippen molar-refractivity contribution in [2.75, 3.05) is 0 Å². The third kappa shape index (κ3) is 21.7. The molecule has 0 atom stereocenters. The molecular formula is C33H60O6Sm. The van der Waals surface area contributed by atoms with Crippen LogP contribution in [0.1, 0.15) is 125 Å². The van der Waals surface area contributed by atoms with Gasteiger partial charge in [0.15, 0.2) is 17.3 Å². The average molecular weight is 703 g/mol. The molecule has 0 bridgehead atoms. The zero-order valence-electron chi connectivity index (χ0n) is 28.7. The van der Waals surface area contributed by atoms with E-state index in [1.54, 1.807) is 0 Å². The van der Waals surface area contributed by atoms with Crippen molar-refractivity contribution in [1.29, 1.82) is 0 Å². The van der Waals surface area contributed by atoms with Gasteiger partial charge in [0.05, 0.1) is 0 Å². The second kappa shape index (κ2) is 16.6. The maximum atomic E-state index is 11.5. The second-order valence-electron chi connectivity index (χ2n) is 16.2. The molecule has 0 spiro atoms. The van der Waals surface area contributed by atoms with Gasteiger partial charge in [-0.25, -0.2) is 0 Å². The Morgan fingerprint density at radius 3 is 0.550 bits per heavy atom. The topological polar surface area (TPSA) is 112 Å². The van der Waals surface area contributed by atoms with E-state index in [4.69, 9.17) is 0 Å². The van der Waals surface area contributed by atoms with Crippen LogP contribution >= 0.6 is 0 Å². The summed E-state index contributed by atoms with van der Waals surface area (Å²) in [5.41, 5.74) is -2.29. The van der Waals surface area contributed by atoms with Crippen molar-refractivity contribution in [2.24, 2.45) is 32.5 Å². The molecule has 0 saturated carbocycles.